The smallest absolute Gasteiger partial charge is 0.228 e. The Kier molecular flexibility index (Phi) is 4.31. The molecule has 5 nitrogen and oxygen atoms in total. The molecule has 110 valence electrons. The van der Waals surface area contributed by atoms with Gasteiger partial charge >= 0.3 is 0 Å². The topological polar surface area (TPSA) is 49.6 Å². The summed E-state index contributed by atoms with van der Waals surface area (Å²) in [6.45, 7) is 4.35. The third-order valence-corrected chi connectivity index (χ3v) is 3.79. The molecule has 0 bridgehead atoms. The Hall–Kier alpha value is -2.14. The van der Waals surface area contributed by atoms with Crippen molar-refractivity contribution in [2.45, 2.75) is 13.0 Å². The SMILES string of the molecule is O=C(Cc1cocn1)N1CCN(Cc2ccccc2)CC1. The predicted molar refractivity (Wildman–Crippen MR) is 78.5 cm³/mol. The molecular formula is C16H19N3O2. The lowest BCUT2D eigenvalue weighted by atomic mass is 10.2. The Morgan fingerprint density at radius 2 is 1.90 bits per heavy atom. The van der Waals surface area contributed by atoms with Gasteiger partial charge in [0.1, 0.15) is 6.26 Å². The summed E-state index contributed by atoms with van der Waals surface area (Å²) in [6.07, 6.45) is 3.22. The minimum atomic E-state index is 0.128. The maximum atomic E-state index is 12.2. The lowest BCUT2D eigenvalue weighted by molar-refractivity contribution is -0.132. The van der Waals surface area contributed by atoms with Gasteiger partial charge in [-0.3, -0.25) is 9.69 Å². The number of aromatic nitrogens is 1. The molecule has 2 aromatic rings. The van der Waals surface area contributed by atoms with Gasteiger partial charge in [0.2, 0.25) is 5.91 Å². The first-order chi connectivity index (χ1) is 10.3. The van der Waals surface area contributed by atoms with Crippen LogP contribution < -0.4 is 0 Å². The second-order valence-electron chi connectivity index (χ2n) is 5.30. The van der Waals surface area contributed by atoms with Crippen molar-refractivity contribution in [2.75, 3.05) is 26.2 Å². The fourth-order valence-corrected chi connectivity index (χ4v) is 2.59. The molecule has 3 rings (SSSR count). The van der Waals surface area contributed by atoms with Gasteiger partial charge in [-0.05, 0) is 5.56 Å². The molecule has 1 saturated heterocycles. The third-order valence-electron chi connectivity index (χ3n) is 3.79. The van der Waals surface area contributed by atoms with Crippen LogP contribution in [-0.2, 0) is 17.8 Å². The molecule has 0 N–H and O–H groups in total. The van der Waals surface area contributed by atoms with Crippen LogP contribution in [0.1, 0.15) is 11.3 Å². The van der Waals surface area contributed by atoms with Gasteiger partial charge in [0.25, 0.3) is 0 Å². The minimum Gasteiger partial charge on any atom is -0.451 e. The van der Waals surface area contributed by atoms with E-state index in [-0.39, 0.29) is 5.91 Å². The van der Waals surface area contributed by atoms with Crippen molar-refractivity contribution in [3.05, 3.63) is 54.2 Å². The Balaban J connectivity index is 1.47. The van der Waals surface area contributed by atoms with E-state index in [1.54, 1.807) is 0 Å². The molecule has 0 radical (unpaired) electrons. The number of carbonyl (C=O) groups excluding carboxylic acids is 1. The molecule has 1 aliphatic rings. The van der Waals surface area contributed by atoms with Crippen LogP contribution in [0.4, 0.5) is 0 Å². The largest absolute Gasteiger partial charge is 0.451 e. The summed E-state index contributed by atoms with van der Waals surface area (Å²) in [5.41, 5.74) is 2.02. The fraction of sp³-hybridized carbons (Fsp3) is 0.375. The van der Waals surface area contributed by atoms with Crippen LogP contribution >= 0.6 is 0 Å². The second kappa shape index (κ2) is 6.54. The molecule has 0 unspecified atom stereocenters. The molecule has 1 amide bonds. The zero-order valence-electron chi connectivity index (χ0n) is 11.9. The van der Waals surface area contributed by atoms with Gasteiger partial charge in [-0.1, -0.05) is 30.3 Å². The highest BCUT2D eigenvalue weighted by molar-refractivity contribution is 5.78. The summed E-state index contributed by atoms with van der Waals surface area (Å²) in [5, 5.41) is 0. The van der Waals surface area contributed by atoms with E-state index in [2.05, 4.69) is 34.1 Å². The van der Waals surface area contributed by atoms with E-state index >= 15 is 0 Å². The summed E-state index contributed by atoms with van der Waals surface area (Å²) in [7, 11) is 0. The van der Waals surface area contributed by atoms with Crippen LogP contribution in [0.3, 0.4) is 0 Å². The number of benzene rings is 1. The number of rotatable bonds is 4. The maximum Gasteiger partial charge on any atom is 0.228 e. The number of amides is 1. The first-order valence-electron chi connectivity index (χ1n) is 7.22. The van der Waals surface area contributed by atoms with Crippen LogP contribution in [0.15, 0.2) is 47.4 Å². The van der Waals surface area contributed by atoms with Crippen LogP contribution in [0.2, 0.25) is 0 Å². The van der Waals surface area contributed by atoms with E-state index in [1.807, 2.05) is 11.0 Å². The van der Waals surface area contributed by atoms with Crippen molar-refractivity contribution < 1.29 is 9.21 Å². The molecule has 0 saturated carbocycles. The van der Waals surface area contributed by atoms with Gasteiger partial charge in [-0.25, -0.2) is 4.98 Å². The minimum absolute atomic E-state index is 0.128. The van der Waals surface area contributed by atoms with E-state index in [0.717, 1.165) is 32.7 Å². The number of piperazine rings is 1. The van der Waals surface area contributed by atoms with Crippen molar-refractivity contribution in [1.29, 1.82) is 0 Å². The zero-order valence-corrected chi connectivity index (χ0v) is 11.9. The first-order valence-corrected chi connectivity index (χ1v) is 7.22. The number of nitrogens with zero attached hydrogens (tertiary/aromatic N) is 3. The van der Waals surface area contributed by atoms with Crippen LogP contribution in [0.5, 0.6) is 0 Å². The van der Waals surface area contributed by atoms with E-state index in [1.165, 1.54) is 18.2 Å². The third kappa shape index (κ3) is 3.70. The molecule has 0 atom stereocenters. The van der Waals surface area contributed by atoms with Crippen LogP contribution in [0.25, 0.3) is 0 Å². The molecule has 1 aromatic heterocycles. The second-order valence-corrected chi connectivity index (χ2v) is 5.30. The molecular weight excluding hydrogens is 266 g/mol. The Labute approximate surface area is 124 Å². The Morgan fingerprint density at radius 3 is 2.57 bits per heavy atom. The summed E-state index contributed by atoms with van der Waals surface area (Å²) < 4.78 is 4.90. The number of oxazole rings is 1. The lowest BCUT2D eigenvalue weighted by Crippen LogP contribution is -2.48. The number of hydrogen-bond acceptors (Lipinski definition) is 4. The zero-order chi connectivity index (χ0) is 14.5. The first kappa shape index (κ1) is 13.8. The quantitative estimate of drug-likeness (QED) is 0.855. The maximum absolute atomic E-state index is 12.2. The monoisotopic (exact) mass is 285 g/mol. The molecule has 5 heteroatoms. The standard InChI is InChI=1S/C16H19N3O2/c20-16(10-15-12-21-13-17-15)19-8-6-18(7-9-19)11-14-4-2-1-3-5-14/h1-5,12-13H,6-11H2. The number of hydrogen-bond donors (Lipinski definition) is 0. The number of carbonyl (C=O) groups is 1. The molecule has 21 heavy (non-hydrogen) atoms. The van der Waals surface area contributed by atoms with Crippen molar-refractivity contribution >= 4 is 5.91 Å². The van der Waals surface area contributed by atoms with Gasteiger partial charge in [0.15, 0.2) is 6.39 Å². The lowest BCUT2D eigenvalue weighted by Gasteiger charge is -2.34. The van der Waals surface area contributed by atoms with Gasteiger partial charge < -0.3 is 9.32 Å². The molecule has 1 fully saturated rings. The summed E-state index contributed by atoms with van der Waals surface area (Å²) in [5.74, 6) is 0.128. The highest BCUT2D eigenvalue weighted by atomic mass is 16.3. The van der Waals surface area contributed by atoms with Gasteiger partial charge in [0.05, 0.1) is 12.1 Å². The van der Waals surface area contributed by atoms with Gasteiger partial charge in [0, 0.05) is 32.7 Å². The van der Waals surface area contributed by atoms with E-state index < -0.39 is 0 Å². The summed E-state index contributed by atoms with van der Waals surface area (Å²) >= 11 is 0. The molecule has 1 aliphatic heterocycles. The molecule has 0 aliphatic carbocycles. The van der Waals surface area contributed by atoms with Crippen molar-refractivity contribution in [1.82, 2.24) is 14.8 Å². The Morgan fingerprint density at radius 1 is 1.14 bits per heavy atom. The highest BCUT2D eigenvalue weighted by Gasteiger charge is 2.21. The van der Waals surface area contributed by atoms with Crippen LogP contribution in [-0.4, -0.2) is 46.9 Å². The van der Waals surface area contributed by atoms with Gasteiger partial charge in [-0.2, -0.15) is 0 Å². The molecule has 2 heterocycles. The summed E-state index contributed by atoms with van der Waals surface area (Å²) in [6, 6.07) is 10.4. The normalized spacial score (nSPS) is 16.1. The van der Waals surface area contributed by atoms with E-state index in [4.69, 9.17) is 4.42 Å². The van der Waals surface area contributed by atoms with Crippen LogP contribution in [0, 0.1) is 0 Å². The summed E-state index contributed by atoms with van der Waals surface area (Å²) in [4.78, 5) is 20.5. The predicted octanol–water partition coefficient (Wildman–Crippen LogP) is 1.56. The average Bonchev–Trinajstić information content (AvgIpc) is 3.02. The van der Waals surface area contributed by atoms with Crippen molar-refractivity contribution in [3.63, 3.8) is 0 Å². The average molecular weight is 285 g/mol. The molecule has 0 spiro atoms. The van der Waals surface area contributed by atoms with E-state index in [0.29, 0.717) is 12.1 Å². The van der Waals surface area contributed by atoms with Gasteiger partial charge in [-0.15, -0.1) is 0 Å². The van der Waals surface area contributed by atoms with E-state index in [9.17, 15) is 4.79 Å². The Bertz CT molecular complexity index is 560. The van der Waals surface area contributed by atoms with Crippen molar-refractivity contribution in [2.24, 2.45) is 0 Å². The molecule has 1 aromatic carbocycles. The van der Waals surface area contributed by atoms with Crippen molar-refractivity contribution in [3.8, 4) is 0 Å². The fourth-order valence-electron chi connectivity index (χ4n) is 2.59. The highest BCUT2D eigenvalue weighted by Crippen LogP contribution is 2.09.